The van der Waals surface area contributed by atoms with Gasteiger partial charge in [-0.25, -0.2) is 9.18 Å². The molecule has 0 aromatic heterocycles. The third-order valence-electron chi connectivity index (χ3n) is 1.59. The topological polar surface area (TPSA) is 38.3 Å². The SMILES string of the molecule is COC(=O)C1=C(F)CNCC1.Cl. The van der Waals surface area contributed by atoms with Crippen molar-refractivity contribution < 1.29 is 13.9 Å². The second-order valence-corrected chi connectivity index (χ2v) is 2.30. The molecule has 1 N–H and O–H groups in total. The van der Waals surface area contributed by atoms with Crippen LogP contribution in [0.1, 0.15) is 6.42 Å². The van der Waals surface area contributed by atoms with Crippen molar-refractivity contribution in [3.05, 3.63) is 11.4 Å². The highest BCUT2D eigenvalue weighted by atomic mass is 35.5. The normalized spacial score (nSPS) is 16.8. The Hall–Kier alpha value is -0.610. The number of ether oxygens (including phenoxy) is 1. The molecule has 0 unspecified atom stereocenters. The molecule has 0 bridgehead atoms. The first-order valence-electron chi connectivity index (χ1n) is 3.42. The average molecular weight is 196 g/mol. The van der Waals surface area contributed by atoms with Crippen LogP contribution in [0.4, 0.5) is 4.39 Å². The Kier molecular flexibility index (Phi) is 4.85. The lowest BCUT2D eigenvalue weighted by Gasteiger charge is -2.13. The zero-order valence-electron chi connectivity index (χ0n) is 6.72. The van der Waals surface area contributed by atoms with Crippen LogP contribution in [0.5, 0.6) is 0 Å². The molecule has 0 amide bonds. The van der Waals surface area contributed by atoms with E-state index >= 15 is 0 Å². The summed E-state index contributed by atoms with van der Waals surface area (Å²) in [6.45, 7) is 0.780. The van der Waals surface area contributed by atoms with Gasteiger partial charge in [0.05, 0.1) is 12.7 Å². The van der Waals surface area contributed by atoms with Gasteiger partial charge in [-0.1, -0.05) is 0 Å². The Morgan fingerprint density at radius 3 is 2.83 bits per heavy atom. The minimum atomic E-state index is -0.552. The number of hydrogen-bond donors (Lipinski definition) is 1. The first-order chi connectivity index (χ1) is 5.25. The molecule has 1 aliphatic heterocycles. The molecule has 0 fully saturated rings. The molecule has 0 aliphatic carbocycles. The van der Waals surface area contributed by atoms with E-state index in [2.05, 4.69) is 10.1 Å². The van der Waals surface area contributed by atoms with E-state index in [0.717, 1.165) is 0 Å². The van der Waals surface area contributed by atoms with Crippen molar-refractivity contribution in [3.63, 3.8) is 0 Å². The van der Waals surface area contributed by atoms with Gasteiger partial charge in [-0.05, 0) is 13.0 Å². The average Bonchev–Trinajstić information content (AvgIpc) is 2.04. The molecule has 0 spiro atoms. The van der Waals surface area contributed by atoms with Crippen LogP contribution < -0.4 is 5.32 Å². The number of rotatable bonds is 1. The molecule has 0 saturated heterocycles. The number of nitrogens with one attached hydrogen (secondary N) is 1. The second-order valence-electron chi connectivity index (χ2n) is 2.30. The van der Waals surface area contributed by atoms with Crippen molar-refractivity contribution in [1.29, 1.82) is 0 Å². The van der Waals surface area contributed by atoms with Crippen molar-refractivity contribution in [1.82, 2.24) is 5.32 Å². The predicted octanol–water partition coefficient (Wildman–Crippen LogP) is 0.798. The summed E-state index contributed by atoms with van der Waals surface area (Å²) in [4.78, 5) is 10.8. The van der Waals surface area contributed by atoms with Crippen LogP contribution in [-0.2, 0) is 9.53 Å². The highest BCUT2D eigenvalue weighted by Crippen LogP contribution is 2.14. The number of methoxy groups -OCH3 is 1. The molecule has 0 atom stereocenters. The Morgan fingerprint density at radius 1 is 1.67 bits per heavy atom. The van der Waals surface area contributed by atoms with Gasteiger partial charge in [-0.3, -0.25) is 0 Å². The Bertz CT molecular complexity index is 206. The molecule has 3 nitrogen and oxygen atoms in total. The number of halogens is 2. The van der Waals surface area contributed by atoms with Gasteiger partial charge in [-0.15, -0.1) is 12.4 Å². The smallest absolute Gasteiger partial charge is 0.336 e. The maximum absolute atomic E-state index is 12.8. The quantitative estimate of drug-likeness (QED) is 0.629. The van der Waals surface area contributed by atoms with E-state index < -0.39 is 11.8 Å². The zero-order chi connectivity index (χ0) is 8.27. The molecule has 1 aliphatic rings. The summed E-state index contributed by atoms with van der Waals surface area (Å²) in [6.07, 6.45) is 0.415. The van der Waals surface area contributed by atoms with E-state index in [-0.39, 0.29) is 24.5 Å². The monoisotopic (exact) mass is 195 g/mol. The highest BCUT2D eigenvalue weighted by Gasteiger charge is 2.18. The standard InChI is InChI=1S/C7H10FNO2.ClH/c1-11-7(10)5-2-3-9-4-6(5)8;/h9H,2-4H2,1H3;1H. The van der Waals surface area contributed by atoms with E-state index in [9.17, 15) is 9.18 Å². The maximum Gasteiger partial charge on any atom is 0.336 e. The molecule has 1 heterocycles. The fourth-order valence-corrected chi connectivity index (χ4v) is 0.990. The summed E-state index contributed by atoms with van der Waals surface area (Å²) in [5.41, 5.74) is 0.172. The minimum Gasteiger partial charge on any atom is -0.466 e. The molecular weight excluding hydrogens is 185 g/mol. The van der Waals surface area contributed by atoms with Gasteiger partial charge in [0.15, 0.2) is 0 Å². The van der Waals surface area contributed by atoms with E-state index in [4.69, 9.17) is 0 Å². The third-order valence-corrected chi connectivity index (χ3v) is 1.59. The summed E-state index contributed by atoms with van der Waals surface area (Å²) >= 11 is 0. The van der Waals surface area contributed by atoms with E-state index in [1.165, 1.54) is 7.11 Å². The van der Waals surface area contributed by atoms with Gasteiger partial charge in [0.1, 0.15) is 5.83 Å². The zero-order valence-corrected chi connectivity index (χ0v) is 7.54. The van der Waals surface area contributed by atoms with Crippen LogP contribution in [0, 0.1) is 0 Å². The predicted molar refractivity (Wildman–Crippen MR) is 44.9 cm³/mol. The lowest BCUT2D eigenvalue weighted by Crippen LogP contribution is -2.26. The van der Waals surface area contributed by atoms with Gasteiger partial charge in [0.2, 0.25) is 0 Å². The molecule has 0 saturated carbocycles. The fourth-order valence-electron chi connectivity index (χ4n) is 0.990. The van der Waals surface area contributed by atoms with Crippen LogP contribution in [0.15, 0.2) is 11.4 Å². The van der Waals surface area contributed by atoms with Crippen molar-refractivity contribution in [2.75, 3.05) is 20.2 Å². The van der Waals surface area contributed by atoms with Crippen molar-refractivity contribution in [3.8, 4) is 0 Å². The molecule has 0 aromatic rings. The summed E-state index contributed by atoms with van der Waals surface area (Å²) in [5.74, 6) is -0.952. The summed E-state index contributed by atoms with van der Waals surface area (Å²) in [6, 6.07) is 0. The summed E-state index contributed by atoms with van der Waals surface area (Å²) in [7, 11) is 1.25. The van der Waals surface area contributed by atoms with Crippen molar-refractivity contribution in [2.45, 2.75) is 6.42 Å². The van der Waals surface area contributed by atoms with Crippen LogP contribution >= 0.6 is 12.4 Å². The summed E-state index contributed by atoms with van der Waals surface area (Å²) < 4.78 is 17.2. The van der Waals surface area contributed by atoms with Crippen molar-refractivity contribution in [2.24, 2.45) is 0 Å². The van der Waals surface area contributed by atoms with Gasteiger partial charge >= 0.3 is 5.97 Å². The molecule has 0 radical (unpaired) electrons. The second kappa shape index (κ2) is 5.11. The van der Waals surface area contributed by atoms with E-state index in [1.54, 1.807) is 0 Å². The van der Waals surface area contributed by atoms with Crippen LogP contribution in [-0.4, -0.2) is 26.2 Å². The van der Waals surface area contributed by atoms with Gasteiger partial charge in [-0.2, -0.15) is 0 Å². The molecule has 0 aromatic carbocycles. The van der Waals surface area contributed by atoms with Crippen LogP contribution in [0.25, 0.3) is 0 Å². The van der Waals surface area contributed by atoms with E-state index in [1.807, 2.05) is 0 Å². The fraction of sp³-hybridized carbons (Fsp3) is 0.571. The van der Waals surface area contributed by atoms with Crippen molar-refractivity contribution >= 4 is 18.4 Å². The maximum atomic E-state index is 12.8. The first kappa shape index (κ1) is 11.4. The lowest BCUT2D eigenvalue weighted by molar-refractivity contribution is -0.136. The number of esters is 1. The number of hydrogen-bond acceptors (Lipinski definition) is 3. The Labute approximate surface area is 76.4 Å². The lowest BCUT2D eigenvalue weighted by atomic mass is 10.1. The van der Waals surface area contributed by atoms with Gasteiger partial charge in [0.25, 0.3) is 0 Å². The van der Waals surface area contributed by atoms with Crippen LogP contribution in [0.3, 0.4) is 0 Å². The molecular formula is C7H11ClFNO2. The van der Waals surface area contributed by atoms with E-state index in [0.29, 0.717) is 13.0 Å². The van der Waals surface area contributed by atoms with Crippen LogP contribution in [0.2, 0.25) is 0 Å². The molecule has 70 valence electrons. The summed E-state index contributed by atoms with van der Waals surface area (Å²) in [5, 5.41) is 2.80. The largest absolute Gasteiger partial charge is 0.466 e. The number of carbonyl (C=O) groups is 1. The molecule has 5 heteroatoms. The first-order valence-corrected chi connectivity index (χ1v) is 3.42. The Balaban J connectivity index is 0.00000121. The number of carbonyl (C=O) groups excluding carboxylic acids is 1. The minimum absolute atomic E-state index is 0. The Morgan fingerprint density at radius 2 is 2.33 bits per heavy atom. The van der Waals surface area contributed by atoms with Gasteiger partial charge < -0.3 is 10.1 Å². The molecule has 12 heavy (non-hydrogen) atoms. The third kappa shape index (κ3) is 2.46. The highest BCUT2D eigenvalue weighted by molar-refractivity contribution is 5.89. The van der Waals surface area contributed by atoms with Gasteiger partial charge in [0, 0.05) is 6.54 Å². The molecule has 1 rings (SSSR count).